The van der Waals surface area contributed by atoms with Gasteiger partial charge in [0.15, 0.2) is 0 Å². The highest BCUT2D eigenvalue weighted by Crippen LogP contribution is 2.30. The number of rotatable bonds is 3. The molecule has 0 fully saturated rings. The number of hydrogen-bond acceptors (Lipinski definition) is 4. The average Bonchev–Trinajstić information content (AvgIpc) is 2.63. The molecular weight excluding hydrogens is 303 g/mol. The van der Waals surface area contributed by atoms with Crippen molar-refractivity contribution in [1.82, 2.24) is 15.0 Å². The summed E-state index contributed by atoms with van der Waals surface area (Å²) < 4.78 is 14.2. The van der Waals surface area contributed by atoms with Crippen molar-refractivity contribution >= 4 is 22.4 Å². The molecule has 2 heterocycles. The third-order valence-corrected chi connectivity index (χ3v) is 3.71. The molecule has 4 rings (SSSR count). The SMILES string of the molecule is Fc1ccccc1-c1cc(Nc2ccncn2)c2ccccc2n1. The Morgan fingerprint density at radius 2 is 1.75 bits per heavy atom. The molecule has 5 heteroatoms. The maximum Gasteiger partial charge on any atom is 0.133 e. The third kappa shape index (κ3) is 2.67. The Morgan fingerprint density at radius 1 is 0.917 bits per heavy atom. The van der Waals surface area contributed by atoms with E-state index in [2.05, 4.69) is 20.3 Å². The highest BCUT2D eigenvalue weighted by Gasteiger charge is 2.11. The number of para-hydroxylation sites is 1. The third-order valence-electron chi connectivity index (χ3n) is 3.71. The van der Waals surface area contributed by atoms with Crippen molar-refractivity contribution in [2.24, 2.45) is 0 Å². The van der Waals surface area contributed by atoms with Gasteiger partial charge in [0.1, 0.15) is 18.0 Å². The minimum absolute atomic E-state index is 0.298. The molecule has 0 atom stereocenters. The van der Waals surface area contributed by atoms with Gasteiger partial charge in [0.05, 0.1) is 16.9 Å². The molecule has 1 N–H and O–H groups in total. The van der Waals surface area contributed by atoms with Gasteiger partial charge in [0, 0.05) is 17.1 Å². The number of fused-ring (bicyclic) bond motifs is 1. The van der Waals surface area contributed by atoms with E-state index >= 15 is 0 Å². The van der Waals surface area contributed by atoms with Gasteiger partial charge in [-0.2, -0.15) is 0 Å². The summed E-state index contributed by atoms with van der Waals surface area (Å²) in [6.45, 7) is 0. The van der Waals surface area contributed by atoms with Crippen molar-refractivity contribution in [1.29, 1.82) is 0 Å². The van der Waals surface area contributed by atoms with Crippen LogP contribution in [0, 0.1) is 5.82 Å². The van der Waals surface area contributed by atoms with E-state index in [1.807, 2.05) is 30.3 Å². The molecule has 2 aromatic carbocycles. The van der Waals surface area contributed by atoms with Crippen molar-refractivity contribution in [3.05, 3.63) is 79.0 Å². The average molecular weight is 316 g/mol. The predicted molar refractivity (Wildman–Crippen MR) is 92.5 cm³/mol. The minimum atomic E-state index is -0.298. The van der Waals surface area contributed by atoms with E-state index in [4.69, 9.17) is 0 Å². The molecule has 24 heavy (non-hydrogen) atoms. The summed E-state index contributed by atoms with van der Waals surface area (Å²) in [5.74, 6) is 0.370. The van der Waals surface area contributed by atoms with Gasteiger partial charge in [-0.05, 0) is 30.3 Å². The molecule has 0 aliphatic heterocycles. The molecule has 0 unspecified atom stereocenters. The molecule has 4 aromatic rings. The summed E-state index contributed by atoms with van der Waals surface area (Å²) >= 11 is 0. The molecule has 0 saturated heterocycles. The van der Waals surface area contributed by atoms with Crippen molar-refractivity contribution in [3.8, 4) is 11.3 Å². The maximum absolute atomic E-state index is 14.2. The molecule has 0 saturated carbocycles. The van der Waals surface area contributed by atoms with Crippen molar-refractivity contribution in [2.75, 3.05) is 5.32 Å². The van der Waals surface area contributed by atoms with Crippen LogP contribution in [0.2, 0.25) is 0 Å². The molecular formula is C19H13FN4. The Balaban J connectivity index is 1.90. The Bertz CT molecular complexity index is 1000. The summed E-state index contributed by atoms with van der Waals surface area (Å²) in [6, 6.07) is 18.0. The second-order valence-corrected chi connectivity index (χ2v) is 5.27. The van der Waals surface area contributed by atoms with Crippen LogP contribution in [0.15, 0.2) is 73.2 Å². The fraction of sp³-hybridized carbons (Fsp3) is 0. The Labute approximate surface area is 138 Å². The molecule has 0 spiro atoms. The summed E-state index contributed by atoms with van der Waals surface area (Å²) in [4.78, 5) is 12.7. The smallest absolute Gasteiger partial charge is 0.133 e. The van der Waals surface area contributed by atoms with E-state index in [1.54, 1.807) is 30.5 Å². The van der Waals surface area contributed by atoms with Crippen molar-refractivity contribution < 1.29 is 4.39 Å². The normalized spacial score (nSPS) is 10.7. The van der Waals surface area contributed by atoms with E-state index in [1.165, 1.54) is 12.4 Å². The first-order valence-corrected chi connectivity index (χ1v) is 7.49. The van der Waals surface area contributed by atoms with Crippen molar-refractivity contribution in [2.45, 2.75) is 0 Å². The lowest BCUT2D eigenvalue weighted by Crippen LogP contribution is -1.97. The Hall–Kier alpha value is -3.34. The van der Waals surface area contributed by atoms with Crippen LogP contribution in [0.4, 0.5) is 15.9 Å². The first-order chi connectivity index (χ1) is 11.8. The number of aromatic nitrogens is 3. The first-order valence-electron chi connectivity index (χ1n) is 7.49. The quantitative estimate of drug-likeness (QED) is 0.601. The zero-order chi connectivity index (χ0) is 16.4. The lowest BCUT2D eigenvalue weighted by Gasteiger charge is -2.12. The second-order valence-electron chi connectivity index (χ2n) is 5.27. The van der Waals surface area contributed by atoms with Crippen LogP contribution in [0.1, 0.15) is 0 Å². The monoisotopic (exact) mass is 316 g/mol. The Morgan fingerprint density at radius 3 is 2.58 bits per heavy atom. The highest BCUT2D eigenvalue weighted by atomic mass is 19.1. The van der Waals surface area contributed by atoms with Crippen molar-refractivity contribution in [3.63, 3.8) is 0 Å². The number of benzene rings is 2. The van der Waals surface area contributed by atoms with Gasteiger partial charge in [0.25, 0.3) is 0 Å². The zero-order valence-electron chi connectivity index (χ0n) is 12.6. The number of nitrogens with one attached hydrogen (secondary N) is 1. The number of anilines is 2. The standard InChI is InChI=1S/C19H13FN4/c20-15-7-3-1-5-13(15)17-11-18(24-19-9-10-21-12-22-19)14-6-2-4-8-16(14)23-17/h1-12H,(H,21,22,23,24). The molecule has 0 radical (unpaired) electrons. The van der Waals surface area contributed by atoms with Gasteiger partial charge >= 0.3 is 0 Å². The summed E-state index contributed by atoms with van der Waals surface area (Å²) in [7, 11) is 0. The number of pyridine rings is 1. The van der Waals surface area contributed by atoms with E-state index in [-0.39, 0.29) is 5.82 Å². The zero-order valence-corrected chi connectivity index (χ0v) is 12.6. The van der Waals surface area contributed by atoms with Gasteiger partial charge in [-0.25, -0.2) is 19.3 Å². The Kier molecular flexibility index (Phi) is 3.59. The van der Waals surface area contributed by atoms with Gasteiger partial charge in [-0.1, -0.05) is 30.3 Å². The van der Waals surface area contributed by atoms with Gasteiger partial charge in [-0.15, -0.1) is 0 Å². The number of hydrogen-bond donors (Lipinski definition) is 1. The van der Waals surface area contributed by atoms with E-state index in [9.17, 15) is 4.39 Å². The van der Waals surface area contributed by atoms with Crippen LogP contribution in [0.3, 0.4) is 0 Å². The minimum Gasteiger partial charge on any atom is -0.340 e. The van der Waals surface area contributed by atoms with E-state index in [0.29, 0.717) is 17.1 Å². The molecule has 2 aromatic heterocycles. The fourth-order valence-electron chi connectivity index (χ4n) is 2.59. The molecule has 0 aliphatic carbocycles. The maximum atomic E-state index is 14.2. The number of nitrogens with zero attached hydrogens (tertiary/aromatic N) is 3. The summed E-state index contributed by atoms with van der Waals surface area (Å²) in [5.41, 5.74) is 2.64. The highest BCUT2D eigenvalue weighted by molar-refractivity contribution is 5.95. The molecule has 0 bridgehead atoms. The summed E-state index contributed by atoms with van der Waals surface area (Å²) in [6.07, 6.45) is 3.14. The van der Waals surface area contributed by atoms with Crippen LogP contribution >= 0.6 is 0 Å². The van der Waals surface area contributed by atoms with E-state index in [0.717, 1.165) is 16.6 Å². The topological polar surface area (TPSA) is 50.7 Å². The largest absolute Gasteiger partial charge is 0.340 e. The summed E-state index contributed by atoms with van der Waals surface area (Å²) in [5, 5.41) is 4.20. The van der Waals surface area contributed by atoms with Gasteiger partial charge in [-0.3, -0.25) is 0 Å². The van der Waals surface area contributed by atoms with Crippen LogP contribution < -0.4 is 5.32 Å². The molecule has 4 nitrogen and oxygen atoms in total. The fourth-order valence-corrected chi connectivity index (χ4v) is 2.59. The van der Waals surface area contributed by atoms with Crippen LogP contribution in [-0.4, -0.2) is 15.0 Å². The predicted octanol–water partition coefficient (Wildman–Crippen LogP) is 4.57. The first kappa shape index (κ1) is 14.3. The number of halogens is 1. The van der Waals surface area contributed by atoms with Crippen LogP contribution in [0.25, 0.3) is 22.2 Å². The lowest BCUT2D eigenvalue weighted by molar-refractivity contribution is 0.631. The molecule has 116 valence electrons. The van der Waals surface area contributed by atoms with Crippen LogP contribution in [0.5, 0.6) is 0 Å². The van der Waals surface area contributed by atoms with Gasteiger partial charge in [0.2, 0.25) is 0 Å². The van der Waals surface area contributed by atoms with Gasteiger partial charge < -0.3 is 5.32 Å². The second kappa shape index (κ2) is 6.04. The lowest BCUT2D eigenvalue weighted by atomic mass is 10.1. The molecule has 0 amide bonds. The molecule has 0 aliphatic rings. The van der Waals surface area contributed by atoms with E-state index < -0.39 is 0 Å². The van der Waals surface area contributed by atoms with Crippen LogP contribution in [-0.2, 0) is 0 Å².